The SMILES string of the molecule is CCOc1cc2c(cc1C(=O)O)CN(CC(C)C)C2=O. The monoisotopic (exact) mass is 277 g/mol. The average Bonchev–Trinajstić information content (AvgIpc) is 2.65. The molecular formula is C15H19NO4. The first-order valence-corrected chi connectivity index (χ1v) is 6.76. The van der Waals surface area contributed by atoms with Gasteiger partial charge in [0.2, 0.25) is 0 Å². The summed E-state index contributed by atoms with van der Waals surface area (Å²) < 4.78 is 5.34. The Morgan fingerprint density at radius 1 is 1.45 bits per heavy atom. The Morgan fingerprint density at radius 3 is 2.70 bits per heavy atom. The Hall–Kier alpha value is -2.04. The lowest BCUT2D eigenvalue weighted by atomic mass is 10.0. The van der Waals surface area contributed by atoms with Crippen LogP contribution in [-0.4, -0.2) is 35.0 Å². The Kier molecular flexibility index (Phi) is 3.97. The maximum Gasteiger partial charge on any atom is 0.339 e. The quantitative estimate of drug-likeness (QED) is 0.897. The Labute approximate surface area is 118 Å². The van der Waals surface area contributed by atoms with E-state index in [4.69, 9.17) is 4.74 Å². The third-order valence-corrected chi connectivity index (χ3v) is 3.20. The van der Waals surface area contributed by atoms with Crippen molar-refractivity contribution in [2.75, 3.05) is 13.2 Å². The number of carboxylic acids is 1. The topological polar surface area (TPSA) is 66.8 Å². The molecule has 20 heavy (non-hydrogen) atoms. The van der Waals surface area contributed by atoms with E-state index in [2.05, 4.69) is 0 Å². The van der Waals surface area contributed by atoms with Crippen molar-refractivity contribution in [3.63, 3.8) is 0 Å². The second kappa shape index (κ2) is 5.53. The van der Waals surface area contributed by atoms with E-state index < -0.39 is 5.97 Å². The third-order valence-electron chi connectivity index (χ3n) is 3.20. The summed E-state index contributed by atoms with van der Waals surface area (Å²) in [7, 11) is 0. The lowest BCUT2D eigenvalue weighted by Crippen LogP contribution is -2.27. The van der Waals surface area contributed by atoms with Crippen LogP contribution in [0.5, 0.6) is 5.75 Å². The van der Waals surface area contributed by atoms with Crippen molar-refractivity contribution in [3.05, 3.63) is 28.8 Å². The minimum absolute atomic E-state index is 0.0495. The molecule has 1 aromatic carbocycles. The number of hydrogen-bond donors (Lipinski definition) is 1. The summed E-state index contributed by atoms with van der Waals surface area (Å²) in [5, 5.41) is 9.22. The highest BCUT2D eigenvalue weighted by Gasteiger charge is 2.30. The van der Waals surface area contributed by atoms with Gasteiger partial charge in [-0.05, 0) is 30.5 Å². The molecule has 0 aliphatic carbocycles. The van der Waals surface area contributed by atoms with E-state index in [9.17, 15) is 14.7 Å². The van der Waals surface area contributed by atoms with Gasteiger partial charge in [-0.25, -0.2) is 4.79 Å². The number of carboxylic acid groups (broad SMARTS) is 1. The van der Waals surface area contributed by atoms with Crippen molar-refractivity contribution in [1.29, 1.82) is 0 Å². The normalized spacial score (nSPS) is 13.8. The molecule has 2 rings (SSSR count). The van der Waals surface area contributed by atoms with Crippen LogP contribution in [0.25, 0.3) is 0 Å². The molecule has 1 N–H and O–H groups in total. The van der Waals surface area contributed by atoms with Crippen molar-refractivity contribution in [2.24, 2.45) is 5.92 Å². The Bertz CT molecular complexity index is 551. The van der Waals surface area contributed by atoms with E-state index in [0.29, 0.717) is 31.2 Å². The number of rotatable bonds is 5. The van der Waals surface area contributed by atoms with Crippen LogP contribution < -0.4 is 4.74 Å². The van der Waals surface area contributed by atoms with Crippen LogP contribution in [0, 0.1) is 5.92 Å². The molecule has 0 spiro atoms. The number of carbonyl (C=O) groups is 2. The molecule has 0 saturated heterocycles. The summed E-state index contributed by atoms with van der Waals surface area (Å²) in [5.74, 6) is -0.449. The predicted octanol–water partition coefficient (Wildman–Crippen LogP) is 2.40. The van der Waals surface area contributed by atoms with Crippen molar-refractivity contribution in [1.82, 2.24) is 4.90 Å². The highest BCUT2D eigenvalue weighted by Crippen LogP contribution is 2.30. The fraction of sp³-hybridized carbons (Fsp3) is 0.467. The minimum atomic E-state index is -1.04. The third kappa shape index (κ3) is 2.61. The molecule has 108 valence electrons. The van der Waals surface area contributed by atoms with E-state index in [1.165, 1.54) is 0 Å². The molecule has 0 radical (unpaired) electrons. The van der Waals surface area contributed by atoms with E-state index in [1.54, 1.807) is 24.0 Å². The van der Waals surface area contributed by atoms with Gasteiger partial charge in [0.25, 0.3) is 5.91 Å². The van der Waals surface area contributed by atoms with Crippen molar-refractivity contribution >= 4 is 11.9 Å². The maximum atomic E-state index is 12.3. The number of carbonyl (C=O) groups excluding carboxylic acids is 1. The molecule has 0 saturated carbocycles. The van der Waals surface area contributed by atoms with Gasteiger partial charge in [0.1, 0.15) is 11.3 Å². The van der Waals surface area contributed by atoms with Gasteiger partial charge in [0, 0.05) is 18.7 Å². The molecule has 5 nitrogen and oxygen atoms in total. The van der Waals surface area contributed by atoms with Crippen LogP contribution in [0.1, 0.15) is 47.1 Å². The van der Waals surface area contributed by atoms with Crippen LogP contribution in [0.4, 0.5) is 0 Å². The second-order valence-electron chi connectivity index (χ2n) is 5.32. The Balaban J connectivity index is 2.39. The van der Waals surface area contributed by atoms with Gasteiger partial charge >= 0.3 is 5.97 Å². The van der Waals surface area contributed by atoms with Crippen LogP contribution >= 0.6 is 0 Å². The van der Waals surface area contributed by atoms with Crippen LogP contribution in [0.3, 0.4) is 0 Å². The molecule has 1 aromatic rings. The van der Waals surface area contributed by atoms with Crippen LogP contribution in [-0.2, 0) is 6.54 Å². The number of hydrogen-bond acceptors (Lipinski definition) is 3. The second-order valence-corrected chi connectivity index (χ2v) is 5.32. The maximum absolute atomic E-state index is 12.3. The van der Waals surface area contributed by atoms with Gasteiger partial charge in [-0.3, -0.25) is 4.79 Å². The van der Waals surface area contributed by atoms with Gasteiger partial charge in [-0.2, -0.15) is 0 Å². The van der Waals surface area contributed by atoms with E-state index >= 15 is 0 Å². The smallest absolute Gasteiger partial charge is 0.339 e. The first-order valence-electron chi connectivity index (χ1n) is 6.76. The van der Waals surface area contributed by atoms with E-state index in [1.807, 2.05) is 13.8 Å². The van der Waals surface area contributed by atoms with Crippen molar-refractivity contribution in [2.45, 2.75) is 27.3 Å². The summed E-state index contributed by atoms with van der Waals surface area (Å²) in [6.45, 7) is 7.38. The van der Waals surface area contributed by atoms with E-state index in [-0.39, 0.29) is 17.2 Å². The lowest BCUT2D eigenvalue weighted by molar-refractivity contribution is 0.0691. The van der Waals surface area contributed by atoms with Gasteiger partial charge in [-0.1, -0.05) is 13.8 Å². The largest absolute Gasteiger partial charge is 0.493 e. The van der Waals surface area contributed by atoms with Crippen molar-refractivity contribution < 1.29 is 19.4 Å². The van der Waals surface area contributed by atoms with Gasteiger partial charge < -0.3 is 14.7 Å². The summed E-state index contributed by atoms with van der Waals surface area (Å²) in [6, 6.07) is 3.12. The summed E-state index contributed by atoms with van der Waals surface area (Å²) in [5.41, 5.74) is 1.43. The first-order chi connectivity index (χ1) is 9.43. The zero-order chi connectivity index (χ0) is 14.9. The summed E-state index contributed by atoms with van der Waals surface area (Å²) in [6.07, 6.45) is 0. The zero-order valence-electron chi connectivity index (χ0n) is 12.0. The minimum Gasteiger partial charge on any atom is -0.493 e. The van der Waals surface area contributed by atoms with Crippen LogP contribution in [0.2, 0.25) is 0 Å². The van der Waals surface area contributed by atoms with Crippen LogP contribution in [0.15, 0.2) is 12.1 Å². The molecule has 0 aromatic heterocycles. The standard InChI is InChI=1S/C15H19NO4/c1-4-20-13-6-11-10(5-12(13)15(18)19)8-16(14(11)17)7-9(2)3/h5-6,9H,4,7-8H2,1-3H3,(H,18,19). The molecule has 1 aliphatic rings. The summed E-state index contributed by atoms with van der Waals surface area (Å²) in [4.78, 5) is 25.3. The van der Waals surface area contributed by atoms with Gasteiger partial charge in [0.15, 0.2) is 0 Å². The predicted molar refractivity (Wildman–Crippen MR) is 74.1 cm³/mol. The Morgan fingerprint density at radius 2 is 2.15 bits per heavy atom. The number of fused-ring (bicyclic) bond motifs is 1. The molecule has 0 atom stereocenters. The fourth-order valence-corrected chi connectivity index (χ4v) is 2.43. The molecule has 0 fully saturated rings. The van der Waals surface area contributed by atoms with Gasteiger partial charge in [-0.15, -0.1) is 0 Å². The first kappa shape index (κ1) is 14.4. The number of nitrogens with zero attached hydrogens (tertiary/aromatic N) is 1. The van der Waals surface area contributed by atoms with E-state index in [0.717, 1.165) is 5.56 Å². The van der Waals surface area contributed by atoms with Gasteiger partial charge in [0.05, 0.1) is 6.61 Å². The molecule has 1 amide bonds. The molecule has 0 bridgehead atoms. The number of ether oxygens (including phenoxy) is 1. The fourth-order valence-electron chi connectivity index (χ4n) is 2.43. The number of benzene rings is 1. The number of aromatic carboxylic acids is 1. The molecule has 0 unspecified atom stereocenters. The molecule has 5 heteroatoms. The average molecular weight is 277 g/mol. The highest BCUT2D eigenvalue weighted by molar-refractivity contribution is 6.01. The molecule has 1 aliphatic heterocycles. The molecule has 1 heterocycles. The lowest BCUT2D eigenvalue weighted by Gasteiger charge is -2.17. The number of amides is 1. The summed E-state index contributed by atoms with van der Waals surface area (Å²) >= 11 is 0. The molecular weight excluding hydrogens is 258 g/mol. The van der Waals surface area contributed by atoms with Crippen molar-refractivity contribution in [3.8, 4) is 5.75 Å². The highest BCUT2D eigenvalue weighted by atomic mass is 16.5. The zero-order valence-corrected chi connectivity index (χ0v) is 12.0.